The van der Waals surface area contributed by atoms with Crippen LogP contribution in [0.5, 0.6) is 0 Å². The van der Waals surface area contributed by atoms with Gasteiger partial charge in [-0.05, 0) is 135 Å². The minimum Gasteiger partial charge on any atom is -0.314 e. The highest BCUT2D eigenvalue weighted by molar-refractivity contribution is 6.76. The average molecular weight is 652 g/mol. The molecule has 0 heterocycles. The second-order valence-electron chi connectivity index (χ2n) is 19.3. The van der Waals surface area contributed by atoms with E-state index in [4.69, 9.17) is 0 Å². The highest BCUT2D eigenvalue weighted by Crippen LogP contribution is 2.63. The highest BCUT2D eigenvalue weighted by atomic mass is 28.3. The zero-order chi connectivity index (χ0) is 34.7. The van der Waals surface area contributed by atoms with Crippen molar-refractivity contribution >= 4 is 13.8 Å². The molecule has 47 heavy (non-hydrogen) atoms. The Morgan fingerprint density at radius 1 is 0.766 bits per heavy atom. The predicted molar refractivity (Wildman–Crippen MR) is 211 cm³/mol. The number of nitrogens with zero attached hydrogens (tertiary/aromatic N) is 1. The number of hydrogen-bond donors (Lipinski definition) is 0. The van der Waals surface area contributed by atoms with Crippen molar-refractivity contribution in [3.05, 3.63) is 76.9 Å². The fourth-order valence-corrected chi connectivity index (χ4v) is 17.9. The van der Waals surface area contributed by atoms with Crippen molar-refractivity contribution in [3.8, 4) is 11.1 Å². The molecule has 0 N–H and O–H groups in total. The first kappa shape index (κ1) is 36.4. The van der Waals surface area contributed by atoms with Gasteiger partial charge in [0.25, 0.3) is 0 Å². The van der Waals surface area contributed by atoms with Crippen molar-refractivity contribution < 1.29 is 0 Å². The number of rotatable bonds is 9. The van der Waals surface area contributed by atoms with E-state index in [0.29, 0.717) is 11.8 Å². The zero-order valence-electron chi connectivity index (χ0n) is 32.9. The number of fused-ring (bicyclic) bond motifs is 4. The molecule has 0 aromatic heterocycles. The Morgan fingerprint density at radius 2 is 1.32 bits per heavy atom. The summed E-state index contributed by atoms with van der Waals surface area (Å²) in [5.74, 6) is 2.02. The molecule has 0 radical (unpaired) electrons. The molecule has 0 spiro atoms. The lowest BCUT2D eigenvalue weighted by molar-refractivity contribution is 0.121. The van der Waals surface area contributed by atoms with Crippen LogP contribution in [0.4, 0.5) is 0 Å². The molecule has 3 aliphatic carbocycles. The summed E-state index contributed by atoms with van der Waals surface area (Å²) in [6, 6.07) is 17.0. The first-order chi connectivity index (χ1) is 21.8. The lowest BCUT2D eigenvalue weighted by Gasteiger charge is -2.57. The molecule has 1 fully saturated rings. The quantitative estimate of drug-likeness (QED) is 0.244. The van der Waals surface area contributed by atoms with Gasteiger partial charge in [0.2, 0.25) is 0 Å². The number of allylic oxidation sites excluding steroid dienone is 4. The van der Waals surface area contributed by atoms with Crippen molar-refractivity contribution in [1.82, 2.24) is 4.57 Å². The summed E-state index contributed by atoms with van der Waals surface area (Å²) in [7, 11) is -1.87. The average Bonchev–Trinajstić information content (AvgIpc) is 3.42. The van der Waals surface area contributed by atoms with E-state index in [1.165, 1.54) is 67.2 Å². The Hall–Kier alpha value is -1.90. The lowest BCUT2D eigenvalue weighted by Crippen LogP contribution is -2.67. The van der Waals surface area contributed by atoms with Crippen LogP contribution < -0.4 is 0 Å². The molecular weight excluding hydrogens is 583 g/mol. The molecule has 5 rings (SSSR count). The topological polar surface area (TPSA) is 3.24 Å². The van der Waals surface area contributed by atoms with E-state index >= 15 is 0 Å². The molecule has 258 valence electrons. The second-order valence-corrected chi connectivity index (χ2v) is 23.8. The van der Waals surface area contributed by atoms with Crippen molar-refractivity contribution in [1.29, 1.82) is 0 Å². The molecular formula is C45H69NSi. The van der Waals surface area contributed by atoms with Crippen LogP contribution in [-0.2, 0) is 10.8 Å². The Balaban J connectivity index is 1.66. The van der Waals surface area contributed by atoms with Crippen molar-refractivity contribution in [2.75, 3.05) is 0 Å². The van der Waals surface area contributed by atoms with E-state index in [9.17, 15) is 0 Å². The third-order valence-electron chi connectivity index (χ3n) is 12.3. The van der Waals surface area contributed by atoms with Gasteiger partial charge < -0.3 is 4.57 Å². The van der Waals surface area contributed by atoms with E-state index < -0.39 is 8.24 Å². The van der Waals surface area contributed by atoms with Crippen LogP contribution in [0.3, 0.4) is 0 Å². The standard InChI is InChI=1S/C45H69NSi/c1-15-17-25-45(26-18-16-2)39-29-33(32-19-22-35(23-20-32)42(4,5)6)21-24-36(39)38-28-34-27-31(3)41(37(34)30-40(38)45)47(13,14)46(43(7,8)9)44(10,11)12/h19-24,28-31,34,37,41H,15-18,25-27H2,1-14H3. The summed E-state index contributed by atoms with van der Waals surface area (Å²) in [4.78, 5) is 0. The van der Waals surface area contributed by atoms with Crippen LogP contribution in [0.15, 0.2) is 60.2 Å². The third-order valence-corrected chi connectivity index (χ3v) is 17.3. The second kappa shape index (κ2) is 12.8. The molecule has 0 aliphatic heterocycles. The molecule has 1 nitrogen and oxygen atoms in total. The number of unbranched alkanes of at least 4 members (excludes halogenated alkanes) is 2. The minimum absolute atomic E-state index is 0.120. The summed E-state index contributed by atoms with van der Waals surface area (Å²) in [5, 5.41) is 0. The largest absolute Gasteiger partial charge is 0.314 e. The minimum atomic E-state index is -1.87. The van der Waals surface area contributed by atoms with E-state index in [0.717, 1.165) is 11.5 Å². The van der Waals surface area contributed by atoms with Gasteiger partial charge in [0.1, 0.15) is 8.24 Å². The Labute approximate surface area is 291 Å². The van der Waals surface area contributed by atoms with Gasteiger partial charge in [-0.25, -0.2) is 0 Å². The molecule has 1 saturated carbocycles. The Kier molecular flexibility index (Phi) is 9.88. The van der Waals surface area contributed by atoms with Gasteiger partial charge in [0.15, 0.2) is 0 Å². The summed E-state index contributed by atoms with van der Waals surface area (Å²) in [5.41, 5.74) is 11.9. The normalized spacial score (nSPS) is 24.1. The fraction of sp³-hybridized carbons (Fsp3) is 0.644. The number of benzene rings is 2. The first-order valence-corrected chi connectivity index (χ1v) is 22.3. The SMILES string of the molecule is CCCCC1(CCCC)C2=CC3C(C=C2c2ccc(-c4ccc(C(C)(C)C)cc4)cc21)CC(C)C3[Si](C)(C)N(C(C)(C)C)C(C)(C)C. The van der Waals surface area contributed by atoms with Crippen LogP contribution in [0.2, 0.25) is 18.6 Å². The summed E-state index contributed by atoms with van der Waals surface area (Å²) in [6.07, 6.45) is 14.6. The highest BCUT2D eigenvalue weighted by Gasteiger charge is 2.57. The van der Waals surface area contributed by atoms with Gasteiger partial charge in [-0.1, -0.05) is 129 Å². The van der Waals surface area contributed by atoms with Gasteiger partial charge in [-0.2, -0.15) is 0 Å². The molecule has 4 atom stereocenters. The van der Waals surface area contributed by atoms with Gasteiger partial charge in [-0.15, -0.1) is 0 Å². The third kappa shape index (κ3) is 6.57. The van der Waals surface area contributed by atoms with Crippen LogP contribution in [0.1, 0.15) is 145 Å². The zero-order valence-corrected chi connectivity index (χ0v) is 33.9. The maximum absolute atomic E-state index is 3.00. The van der Waals surface area contributed by atoms with Gasteiger partial charge in [0, 0.05) is 16.5 Å². The van der Waals surface area contributed by atoms with Crippen LogP contribution in [-0.4, -0.2) is 23.9 Å². The van der Waals surface area contributed by atoms with Crippen molar-refractivity contribution in [3.63, 3.8) is 0 Å². The molecule has 2 heteroatoms. The molecule has 2 aromatic rings. The summed E-state index contributed by atoms with van der Waals surface area (Å²) in [6.45, 7) is 34.5. The summed E-state index contributed by atoms with van der Waals surface area (Å²) >= 11 is 0. The van der Waals surface area contributed by atoms with Gasteiger partial charge in [0.05, 0.1) is 0 Å². The molecule has 0 saturated heterocycles. The maximum atomic E-state index is 3.00. The van der Waals surface area contributed by atoms with Crippen molar-refractivity contribution in [2.45, 2.75) is 169 Å². The molecule has 0 bridgehead atoms. The smallest absolute Gasteiger partial charge is 0.127 e. The Morgan fingerprint density at radius 3 is 1.83 bits per heavy atom. The van der Waals surface area contributed by atoms with Crippen LogP contribution in [0, 0.1) is 17.8 Å². The molecule has 0 amide bonds. The lowest BCUT2D eigenvalue weighted by atomic mass is 9.68. The van der Waals surface area contributed by atoms with Gasteiger partial charge in [-0.3, -0.25) is 0 Å². The summed E-state index contributed by atoms with van der Waals surface area (Å²) < 4.78 is 3.00. The first-order valence-electron chi connectivity index (χ1n) is 19.3. The predicted octanol–water partition coefficient (Wildman–Crippen LogP) is 13.4. The van der Waals surface area contributed by atoms with Crippen LogP contribution >= 0.6 is 0 Å². The maximum Gasteiger partial charge on any atom is 0.127 e. The van der Waals surface area contributed by atoms with E-state index in [1.807, 2.05) is 0 Å². The molecule has 4 unspecified atom stereocenters. The van der Waals surface area contributed by atoms with Crippen LogP contribution in [0.25, 0.3) is 16.7 Å². The number of hydrogen-bond acceptors (Lipinski definition) is 1. The molecule has 2 aromatic carbocycles. The fourth-order valence-electron chi connectivity index (χ4n) is 11.4. The van der Waals surface area contributed by atoms with E-state index in [2.05, 4.69) is 155 Å². The van der Waals surface area contributed by atoms with E-state index in [-0.39, 0.29) is 21.9 Å². The van der Waals surface area contributed by atoms with Gasteiger partial charge >= 0.3 is 0 Å². The monoisotopic (exact) mass is 652 g/mol. The van der Waals surface area contributed by atoms with E-state index in [1.54, 1.807) is 16.7 Å². The Bertz CT molecular complexity index is 1460. The van der Waals surface area contributed by atoms with Crippen molar-refractivity contribution in [2.24, 2.45) is 17.8 Å². The molecule has 3 aliphatic rings.